The molecule has 2 aliphatic rings. The molecule has 2 aliphatic heterocycles. The minimum atomic E-state index is -0.357. The Hall–Kier alpha value is -2.33. The van der Waals surface area contributed by atoms with E-state index < -0.39 is 0 Å². The maximum Gasteiger partial charge on any atom is 0.256 e. The molecule has 2 heterocycles. The van der Waals surface area contributed by atoms with Crippen molar-refractivity contribution in [2.45, 2.75) is 25.4 Å². The predicted octanol–water partition coefficient (Wildman–Crippen LogP) is 3.49. The summed E-state index contributed by atoms with van der Waals surface area (Å²) in [6, 6.07) is 14.5. The number of hydrogen-bond acceptors (Lipinski definition) is 2. The van der Waals surface area contributed by atoms with E-state index in [0.717, 1.165) is 18.4 Å². The maximum absolute atomic E-state index is 13.1. The Kier molecular flexibility index (Phi) is 3.77. The quantitative estimate of drug-likeness (QED) is 0.839. The second-order valence-corrected chi connectivity index (χ2v) is 6.66. The van der Waals surface area contributed by atoms with E-state index in [-0.39, 0.29) is 17.9 Å². The largest absolute Gasteiger partial charge is 0.327 e. The van der Waals surface area contributed by atoms with Crippen LogP contribution in [0.15, 0.2) is 48.5 Å². The summed E-state index contributed by atoms with van der Waals surface area (Å²) >= 11 is 6.08. The van der Waals surface area contributed by atoms with E-state index in [1.807, 2.05) is 42.5 Å². The van der Waals surface area contributed by atoms with Crippen molar-refractivity contribution in [3.8, 4) is 0 Å². The van der Waals surface area contributed by atoms with Gasteiger partial charge in [0, 0.05) is 11.6 Å². The molecule has 0 spiro atoms. The fourth-order valence-corrected chi connectivity index (χ4v) is 3.80. The summed E-state index contributed by atoms with van der Waals surface area (Å²) in [5.74, 6) is -0.0548. The van der Waals surface area contributed by atoms with Gasteiger partial charge in [0.25, 0.3) is 5.91 Å². The average molecular weight is 341 g/mol. The van der Waals surface area contributed by atoms with Crippen molar-refractivity contribution < 1.29 is 9.59 Å². The van der Waals surface area contributed by atoms with Crippen LogP contribution < -0.4 is 4.90 Å². The van der Waals surface area contributed by atoms with Crippen molar-refractivity contribution in [1.29, 1.82) is 0 Å². The lowest BCUT2D eigenvalue weighted by atomic mass is 10.1. The number of nitrogens with zero attached hydrogens (tertiary/aromatic N) is 2. The Labute approximate surface area is 145 Å². The molecule has 1 fully saturated rings. The Bertz CT molecular complexity index is 821. The highest BCUT2D eigenvalue weighted by Gasteiger charge is 2.41. The minimum Gasteiger partial charge on any atom is -0.327 e. The van der Waals surface area contributed by atoms with Crippen LogP contribution in [0.1, 0.15) is 28.8 Å². The van der Waals surface area contributed by atoms with Crippen molar-refractivity contribution in [3.05, 3.63) is 64.7 Å². The summed E-state index contributed by atoms with van der Waals surface area (Å²) in [6.07, 6.45) is 1.60. The minimum absolute atomic E-state index is 0.00854. The number of fused-ring (bicyclic) bond motifs is 2. The van der Waals surface area contributed by atoms with E-state index in [0.29, 0.717) is 29.4 Å². The third-order valence-corrected chi connectivity index (χ3v) is 4.95. The molecule has 4 rings (SSSR count). The van der Waals surface area contributed by atoms with Gasteiger partial charge < -0.3 is 9.80 Å². The smallest absolute Gasteiger partial charge is 0.256 e. The molecule has 0 N–H and O–H groups in total. The fourth-order valence-electron chi connectivity index (χ4n) is 3.59. The third kappa shape index (κ3) is 2.47. The summed E-state index contributed by atoms with van der Waals surface area (Å²) in [7, 11) is 0. The van der Waals surface area contributed by atoms with Crippen LogP contribution in [-0.4, -0.2) is 29.3 Å². The molecule has 0 aromatic heterocycles. The van der Waals surface area contributed by atoms with Gasteiger partial charge in [0.2, 0.25) is 5.91 Å². The van der Waals surface area contributed by atoms with Gasteiger partial charge >= 0.3 is 0 Å². The second-order valence-electron chi connectivity index (χ2n) is 6.23. The molecule has 2 amide bonds. The monoisotopic (exact) mass is 340 g/mol. The first kappa shape index (κ1) is 15.2. The summed E-state index contributed by atoms with van der Waals surface area (Å²) < 4.78 is 0. The first-order valence-electron chi connectivity index (χ1n) is 8.11. The van der Waals surface area contributed by atoms with E-state index in [1.54, 1.807) is 15.9 Å². The molecule has 122 valence electrons. The molecule has 2 aromatic rings. The van der Waals surface area contributed by atoms with Crippen LogP contribution in [0.25, 0.3) is 0 Å². The van der Waals surface area contributed by atoms with E-state index in [9.17, 15) is 9.59 Å². The molecular formula is C19H17ClN2O2. The Morgan fingerprint density at radius 1 is 1.08 bits per heavy atom. The van der Waals surface area contributed by atoms with Crippen LogP contribution >= 0.6 is 11.6 Å². The Balaban J connectivity index is 1.80. The number of halogens is 1. The van der Waals surface area contributed by atoms with Crippen LogP contribution in [0, 0.1) is 0 Å². The van der Waals surface area contributed by atoms with Gasteiger partial charge in [-0.2, -0.15) is 0 Å². The molecule has 1 atom stereocenters. The number of benzene rings is 2. The maximum atomic E-state index is 13.1. The third-order valence-electron chi connectivity index (χ3n) is 4.72. The Morgan fingerprint density at radius 2 is 1.92 bits per heavy atom. The highest BCUT2D eigenvalue weighted by molar-refractivity contribution is 6.30. The highest BCUT2D eigenvalue weighted by atomic mass is 35.5. The molecule has 0 saturated carbocycles. The summed E-state index contributed by atoms with van der Waals surface area (Å²) in [6.45, 7) is 1.06. The predicted molar refractivity (Wildman–Crippen MR) is 93.1 cm³/mol. The summed E-state index contributed by atoms with van der Waals surface area (Å²) in [4.78, 5) is 29.4. The van der Waals surface area contributed by atoms with Crippen LogP contribution in [-0.2, 0) is 11.3 Å². The molecule has 4 nitrogen and oxygen atoms in total. The topological polar surface area (TPSA) is 40.6 Å². The number of carbonyl (C=O) groups is 2. The first-order valence-corrected chi connectivity index (χ1v) is 8.49. The van der Waals surface area contributed by atoms with Crippen LogP contribution in [0.3, 0.4) is 0 Å². The van der Waals surface area contributed by atoms with Crippen LogP contribution in [0.5, 0.6) is 0 Å². The van der Waals surface area contributed by atoms with Gasteiger partial charge in [-0.3, -0.25) is 9.59 Å². The van der Waals surface area contributed by atoms with E-state index in [2.05, 4.69) is 0 Å². The standard InChI is InChI=1S/C19H17ClN2O2/c20-14-6-3-5-13(11-14)12-22-16-8-2-1-7-15(16)18(23)21-10-4-9-17(21)19(22)24/h1-3,5-8,11,17H,4,9-10,12H2/t17-/m0/s1. The van der Waals surface area contributed by atoms with Crippen LogP contribution in [0.2, 0.25) is 5.02 Å². The molecular weight excluding hydrogens is 324 g/mol. The van der Waals surface area contributed by atoms with Crippen molar-refractivity contribution in [2.24, 2.45) is 0 Å². The molecule has 0 unspecified atom stereocenters. The number of amides is 2. The molecule has 24 heavy (non-hydrogen) atoms. The fraction of sp³-hybridized carbons (Fsp3) is 0.263. The lowest BCUT2D eigenvalue weighted by Crippen LogP contribution is -2.44. The number of anilines is 1. The Morgan fingerprint density at radius 3 is 2.75 bits per heavy atom. The normalized spacial score (nSPS) is 20.0. The van der Waals surface area contributed by atoms with Crippen LogP contribution in [0.4, 0.5) is 5.69 Å². The van der Waals surface area contributed by atoms with Gasteiger partial charge in [0.1, 0.15) is 6.04 Å². The zero-order chi connectivity index (χ0) is 16.7. The zero-order valence-electron chi connectivity index (χ0n) is 13.1. The highest BCUT2D eigenvalue weighted by Crippen LogP contribution is 2.33. The molecule has 5 heteroatoms. The number of para-hydroxylation sites is 1. The first-order chi connectivity index (χ1) is 11.6. The molecule has 2 aromatic carbocycles. The van der Waals surface area contributed by atoms with Gasteiger partial charge in [-0.15, -0.1) is 0 Å². The summed E-state index contributed by atoms with van der Waals surface area (Å²) in [5.41, 5.74) is 2.23. The average Bonchev–Trinajstić information content (AvgIpc) is 3.06. The van der Waals surface area contributed by atoms with E-state index in [4.69, 9.17) is 11.6 Å². The van der Waals surface area contributed by atoms with E-state index >= 15 is 0 Å². The molecule has 0 radical (unpaired) electrons. The van der Waals surface area contributed by atoms with Gasteiger partial charge in [0.15, 0.2) is 0 Å². The number of carbonyl (C=O) groups excluding carboxylic acids is 2. The zero-order valence-corrected chi connectivity index (χ0v) is 13.9. The molecule has 1 saturated heterocycles. The lowest BCUT2D eigenvalue weighted by Gasteiger charge is -2.26. The number of hydrogen-bond donors (Lipinski definition) is 0. The molecule has 0 bridgehead atoms. The van der Waals surface area contributed by atoms with Gasteiger partial charge in [-0.1, -0.05) is 35.9 Å². The van der Waals surface area contributed by atoms with Gasteiger partial charge in [0.05, 0.1) is 17.8 Å². The summed E-state index contributed by atoms with van der Waals surface area (Å²) in [5, 5.41) is 0.640. The van der Waals surface area contributed by atoms with Crippen molar-refractivity contribution >= 4 is 29.1 Å². The van der Waals surface area contributed by atoms with Gasteiger partial charge in [-0.25, -0.2) is 0 Å². The van der Waals surface area contributed by atoms with Crippen molar-refractivity contribution in [3.63, 3.8) is 0 Å². The van der Waals surface area contributed by atoms with Gasteiger partial charge in [-0.05, 0) is 42.7 Å². The van der Waals surface area contributed by atoms with E-state index in [1.165, 1.54) is 0 Å². The van der Waals surface area contributed by atoms with Crippen molar-refractivity contribution in [1.82, 2.24) is 4.90 Å². The molecule has 0 aliphatic carbocycles. The van der Waals surface area contributed by atoms with Crippen molar-refractivity contribution in [2.75, 3.05) is 11.4 Å². The second kappa shape index (κ2) is 5.95. The lowest BCUT2D eigenvalue weighted by molar-refractivity contribution is -0.122. The number of rotatable bonds is 2. The SMILES string of the molecule is O=C1[C@@H]2CCCN2C(=O)c2ccccc2N1Cc1cccc(Cl)c1.